The Labute approximate surface area is 114 Å². The monoisotopic (exact) mass is 262 g/mol. The van der Waals surface area contributed by atoms with Gasteiger partial charge in [-0.25, -0.2) is 0 Å². The fourth-order valence-corrected chi connectivity index (χ4v) is 2.66. The summed E-state index contributed by atoms with van der Waals surface area (Å²) in [5.74, 6) is 0.434. The molecule has 0 aliphatic heterocycles. The fourth-order valence-electron chi connectivity index (χ4n) is 2.66. The van der Waals surface area contributed by atoms with Crippen molar-refractivity contribution in [3.63, 3.8) is 0 Å². The van der Waals surface area contributed by atoms with E-state index < -0.39 is 5.41 Å². The van der Waals surface area contributed by atoms with E-state index in [1.54, 1.807) is 0 Å². The molecule has 0 aromatic carbocycles. The number of esters is 1. The molecule has 104 valence electrons. The van der Waals surface area contributed by atoms with Crippen LogP contribution in [0.5, 0.6) is 0 Å². The van der Waals surface area contributed by atoms with Gasteiger partial charge in [0.1, 0.15) is 0 Å². The van der Waals surface area contributed by atoms with Gasteiger partial charge in [0.15, 0.2) is 0 Å². The first-order chi connectivity index (χ1) is 9.09. The van der Waals surface area contributed by atoms with E-state index in [9.17, 15) is 4.79 Å². The minimum atomic E-state index is -0.592. The van der Waals surface area contributed by atoms with Gasteiger partial charge in [0.25, 0.3) is 0 Å². The first-order valence-corrected chi connectivity index (χ1v) is 6.78. The van der Waals surface area contributed by atoms with Gasteiger partial charge < -0.3 is 10.5 Å². The van der Waals surface area contributed by atoms with E-state index >= 15 is 0 Å². The number of aromatic nitrogens is 1. The Morgan fingerprint density at radius 3 is 2.79 bits per heavy atom. The Morgan fingerprint density at radius 1 is 1.53 bits per heavy atom. The lowest BCUT2D eigenvalue weighted by molar-refractivity contribution is -0.153. The second kappa shape index (κ2) is 5.70. The SMILES string of the molecule is COC(=O)C(CN)(Cc1cncc(C)c1)CC1CC1. The predicted octanol–water partition coefficient (Wildman–Crippen LogP) is 1.85. The Morgan fingerprint density at radius 2 is 2.26 bits per heavy atom. The lowest BCUT2D eigenvalue weighted by Gasteiger charge is -2.29. The maximum atomic E-state index is 12.2. The summed E-state index contributed by atoms with van der Waals surface area (Å²) in [5.41, 5.74) is 7.48. The van der Waals surface area contributed by atoms with Crippen molar-refractivity contribution in [1.29, 1.82) is 0 Å². The number of methoxy groups -OCH3 is 1. The second-order valence-electron chi connectivity index (χ2n) is 5.67. The van der Waals surface area contributed by atoms with Gasteiger partial charge in [-0.05, 0) is 36.8 Å². The van der Waals surface area contributed by atoms with E-state index in [0.29, 0.717) is 18.9 Å². The first kappa shape index (κ1) is 14.0. The summed E-state index contributed by atoms with van der Waals surface area (Å²) in [5, 5.41) is 0. The van der Waals surface area contributed by atoms with E-state index in [1.165, 1.54) is 20.0 Å². The molecule has 1 atom stereocenters. The molecule has 0 spiro atoms. The third-order valence-electron chi connectivity index (χ3n) is 3.86. The molecule has 4 heteroatoms. The molecule has 0 radical (unpaired) electrons. The minimum Gasteiger partial charge on any atom is -0.469 e. The Hall–Kier alpha value is -1.42. The smallest absolute Gasteiger partial charge is 0.313 e. The Bertz CT molecular complexity index is 457. The highest BCUT2D eigenvalue weighted by Crippen LogP contribution is 2.42. The van der Waals surface area contributed by atoms with Gasteiger partial charge in [-0.2, -0.15) is 0 Å². The third-order valence-corrected chi connectivity index (χ3v) is 3.86. The minimum absolute atomic E-state index is 0.191. The van der Waals surface area contributed by atoms with Crippen LogP contribution in [0.4, 0.5) is 0 Å². The van der Waals surface area contributed by atoms with Gasteiger partial charge >= 0.3 is 5.97 Å². The van der Waals surface area contributed by atoms with Crippen molar-refractivity contribution in [1.82, 2.24) is 4.98 Å². The van der Waals surface area contributed by atoms with E-state index in [4.69, 9.17) is 10.5 Å². The van der Waals surface area contributed by atoms with Crippen LogP contribution in [0.25, 0.3) is 0 Å². The average molecular weight is 262 g/mol. The number of rotatable bonds is 6. The number of carbonyl (C=O) groups is 1. The molecule has 1 fully saturated rings. The van der Waals surface area contributed by atoms with Crippen LogP contribution in [-0.4, -0.2) is 24.6 Å². The summed E-state index contributed by atoms with van der Waals surface area (Å²) >= 11 is 0. The van der Waals surface area contributed by atoms with E-state index in [0.717, 1.165) is 17.5 Å². The highest BCUT2D eigenvalue weighted by molar-refractivity contribution is 5.77. The van der Waals surface area contributed by atoms with Crippen LogP contribution in [0.3, 0.4) is 0 Å². The van der Waals surface area contributed by atoms with Crippen molar-refractivity contribution in [2.45, 2.75) is 32.6 Å². The molecular weight excluding hydrogens is 240 g/mol. The Balaban J connectivity index is 2.22. The van der Waals surface area contributed by atoms with Crippen molar-refractivity contribution in [2.24, 2.45) is 17.1 Å². The molecule has 0 bridgehead atoms. The number of hydrogen-bond donors (Lipinski definition) is 1. The molecule has 0 amide bonds. The van der Waals surface area contributed by atoms with Crippen LogP contribution in [-0.2, 0) is 16.0 Å². The highest BCUT2D eigenvalue weighted by Gasteiger charge is 2.43. The second-order valence-corrected chi connectivity index (χ2v) is 5.67. The van der Waals surface area contributed by atoms with E-state index in [1.807, 2.05) is 19.3 Å². The fraction of sp³-hybridized carbons (Fsp3) is 0.600. The molecule has 1 aliphatic rings. The zero-order valence-electron chi connectivity index (χ0n) is 11.7. The zero-order chi connectivity index (χ0) is 13.9. The lowest BCUT2D eigenvalue weighted by atomic mass is 9.77. The molecule has 4 nitrogen and oxygen atoms in total. The number of pyridine rings is 1. The first-order valence-electron chi connectivity index (χ1n) is 6.78. The highest BCUT2D eigenvalue weighted by atomic mass is 16.5. The summed E-state index contributed by atoms with van der Waals surface area (Å²) < 4.78 is 5.00. The lowest BCUT2D eigenvalue weighted by Crippen LogP contribution is -2.42. The summed E-state index contributed by atoms with van der Waals surface area (Å²) in [6.07, 6.45) is 7.46. The predicted molar refractivity (Wildman–Crippen MR) is 73.5 cm³/mol. The van der Waals surface area contributed by atoms with Gasteiger partial charge in [0, 0.05) is 18.9 Å². The van der Waals surface area contributed by atoms with Gasteiger partial charge in [-0.15, -0.1) is 0 Å². The van der Waals surface area contributed by atoms with Crippen LogP contribution in [0.2, 0.25) is 0 Å². The molecule has 1 aromatic heterocycles. The molecule has 1 heterocycles. The van der Waals surface area contributed by atoms with E-state index in [-0.39, 0.29) is 5.97 Å². The van der Waals surface area contributed by atoms with Crippen LogP contribution in [0.1, 0.15) is 30.4 Å². The van der Waals surface area contributed by atoms with Crippen molar-refractivity contribution >= 4 is 5.97 Å². The summed E-state index contributed by atoms with van der Waals surface area (Å²) in [7, 11) is 1.44. The molecular formula is C15H22N2O2. The number of aryl methyl sites for hydroxylation is 1. The third kappa shape index (κ3) is 3.32. The number of nitrogens with two attached hydrogens (primary N) is 1. The van der Waals surface area contributed by atoms with Crippen LogP contribution >= 0.6 is 0 Å². The number of hydrogen-bond acceptors (Lipinski definition) is 4. The van der Waals surface area contributed by atoms with Gasteiger partial charge in [-0.1, -0.05) is 18.9 Å². The van der Waals surface area contributed by atoms with Gasteiger partial charge in [-0.3, -0.25) is 9.78 Å². The van der Waals surface area contributed by atoms with Crippen molar-refractivity contribution in [2.75, 3.05) is 13.7 Å². The largest absolute Gasteiger partial charge is 0.469 e. The maximum absolute atomic E-state index is 12.2. The zero-order valence-corrected chi connectivity index (χ0v) is 11.7. The maximum Gasteiger partial charge on any atom is 0.313 e. The molecule has 0 saturated heterocycles. The molecule has 1 aliphatic carbocycles. The molecule has 1 aromatic rings. The number of ether oxygens (including phenoxy) is 1. The summed E-state index contributed by atoms with van der Waals surface area (Å²) in [4.78, 5) is 16.4. The summed E-state index contributed by atoms with van der Waals surface area (Å²) in [6.45, 7) is 2.32. The molecule has 1 saturated carbocycles. The quantitative estimate of drug-likeness (QED) is 0.795. The van der Waals surface area contributed by atoms with Gasteiger partial charge in [0.2, 0.25) is 0 Å². The van der Waals surface area contributed by atoms with Gasteiger partial charge in [0.05, 0.1) is 12.5 Å². The molecule has 2 rings (SSSR count). The standard InChI is InChI=1S/C15H22N2O2/c1-11-5-13(9-17-8-11)7-15(10-16,14(18)19-2)6-12-3-4-12/h5,8-9,12H,3-4,6-7,10,16H2,1-2H3. The normalized spacial score (nSPS) is 17.8. The van der Waals surface area contributed by atoms with Crippen molar-refractivity contribution in [3.05, 3.63) is 29.6 Å². The molecule has 19 heavy (non-hydrogen) atoms. The Kier molecular flexibility index (Phi) is 4.20. The van der Waals surface area contributed by atoms with Crippen LogP contribution in [0, 0.1) is 18.3 Å². The number of carbonyl (C=O) groups excluding carboxylic acids is 1. The van der Waals surface area contributed by atoms with Crippen LogP contribution < -0.4 is 5.73 Å². The van der Waals surface area contributed by atoms with Crippen LogP contribution in [0.15, 0.2) is 18.5 Å². The average Bonchev–Trinajstić information content (AvgIpc) is 3.21. The van der Waals surface area contributed by atoms with Crippen molar-refractivity contribution in [3.8, 4) is 0 Å². The van der Waals surface area contributed by atoms with Crippen molar-refractivity contribution < 1.29 is 9.53 Å². The molecule has 1 unspecified atom stereocenters. The summed E-state index contributed by atoms with van der Waals surface area (Å²) in [6, 6.07) is 2.06. The number of nitrogens with zero attached hydrogens (tertiary/aromatic N) is 1. The molecule has 2 N–H and O–H groups in total. The topological polar surface area (TPSA) is 65.2 Å². The van der Waals surface area contributed by atoms with E-state index in [2.05, 4.69) is 11.1 Å².